The summed E-state index contributed by atoms with van der Waals surface area (Å²) in [4.78, 5) is 4.30. The highest BCUT2D eigenvalue weighted by atomic mass is 35.5. The third kappa shape index (κ3) is 2.34. The molecule has 1 fully saturated rings. The number of aryl methyl sites for hydroxylation is 2. The summed E-state index contributed by atoms with van der Waals surface area (Å²) in [5.41, 5.74) is 2.73. The minimum Gasteiger partial charge on any atom is -0.279 e. The fourth-order valence-electron chi connectivity index (χ4n) is 3.02. The number of fused-ring (bicyclic) bond motifs is 1. The van der Waals surface area contributed by atoms with E-state index in [9.17, 15) is 0 Å². The van der Waals surface area contributed by atoms with E-state index in [0.717, 1.165) is 29.6 Å². The lowest BCUT2D eigenvalue weighted by atomic mass is 9.87. The molecule has 1 aliphatic carbocycles. The average Bonchev–Trinajstić information content (AvgIpc) is 2.82. The van der Waals surface area contributed by atoms with Crippen LogP contribution in [0, 0.1) is 19.8 Å². The van der Waals surface area contributed by atoms with Crippen LogP contribution in [-0.2, 0) is 6.42 Å². The Balaban J connectivity index is 1.99. The van der Waals surface area contributed by atoms with Crippen LogP contribution in [0.2, 0.25) is 5.15 Å². The predicted molar refractivity (Wildman–Crippen MR) is 75.5 cm³/mol. The van der Waals surface area contributed by atoms with Gasteiger partial charge in [-0.2, -0.15) is 0 Å². The fourth-order valence-corrected chi connectivity index (χ4v) is 3.27. The van der Waals surface area contributed by atoms with Crippen LogP contribution in [0.15, 0.2) is 0 Å². The van der Waals surface area contributed by atoms with Gasteiger partial charge in [0, 0.05) is 12.1 Å². The lowest BCUT2D eigenvalue weighted by molar-refractivity contribution is 0.350. The highest BCUT2D eigenvalue weighted by Crippen LogP contribution is 2.27. The summed E-state index contributed by atoms with van der Waals surface area (Å²) >= 11 is 6.16. The van der Waals surface area contributed by atoms with Gasteiger partial charge in [0.05, 0.1) is 5.69 Å². The molecular formula is C14H19ClN4. The molecule has 102 valence electrons. The van der Waals surface area contributed by atoms with Crippen LogP contribution in [0.3, 0.4) is 0 Å². The number of hydrogen-bond donors (Lipinski definition) is 0. The first kappa shape index (κ1) is 12.9. The van der Waals surface area contributed by atoms with Gasteiger partial charge in [0.2, 0.25) is 0 Å². The van der Waals surface area contributed by atoms with Crippen LogP contribution in [0.4, 0.5) is 0 Å². The molecule has 0 spiro atoms. The average molecular weight is 279 g/mol. The van der Waals surface area contributed by atoms with Crippen LogP contribution in [0.1, 0.15) is 49.3 Å². The van der Waals surface area contributed by atoms with E-state index in [1.165, 1.54) is 32.1 Å². The Labute approximate surface area is 118 Å². The summed E-state index contributed by atoms with van der Waals surface area (Å²) in [7, 11) is 0. The van der Waals surface area contributed by atoms with E-state index in [0.29, 0.717) is 10.8 Å². The van der Waals surface area contributed by atoms with Crippen LogP contribution < -0.4 is 0 Å². The van der Waals surface area contributed by atoms with E-state index in [1.807, 2.05) is 6.92 Å². The number of rotatable bonds is 2. The van der Waals surface area contributed by atoms with E-state index in [-0.39, 0.29) is 0 Å². The smallest absolute Gasteiger partial charge is 0.198 e. The summed E-state index contributed by atoms with van der Waals surface area (Å²) in [6, 6.07) is 0. The highest BCUT2D eigenvalue weighted by Gasteiger charge is 2.19. The Morgan fingerprint density at radius 3 is 2.63 bits per heavy atom. The molecule has 2 aromatic rings. The Bertz CT molecular complexity index is 599. The molecule has 0 unspecified atom stereocenters. The van der Waals surface area contributed by atoms with Crippen molar-refractivity contribution >= 4 is 17.2 Å². The van der Waals surface area contributed by atoms with Crippen LogP contribution >= 0.6 is 11.6 Å². The molecule has 0 radical (unpaired) electrons. The highest BCUT2D eigenvalue weighted by molar-refractivity contribution is 6.32. The topological polar surface area (TPSA) is 43.1 Å². The van der Waals surface area contributed by atoms with Crippen molar-refractivity contribution < 1.29 is 0 Å². The molecule has 0 bridgehead atoms. The molecule has 1 saturated carbocycles. The van der Waals surface area contributed by atoms with Gasteiger partial charge in [0.25, 0.3) is 0 Å². The van der Waals surface area contributed by atoms with Crippen LogP contribution in [-0.4, -0.2) is 19.6 Å². The summed E-state index contributed by atoms with van der Waals surface area (Å²) in [5, 5.41) is 8.99. The van der Waals surface area contributed by atoms with Crippen LogP contribution in [0.5, 0.6) is 0 Å². The standard InChI is InChI=1S/C14H19ClN4/c1-9-10(2)19-12(8-11-6-4-3-5-7-11)17-18-14(19)13(15)16-9/h11H,3-8H2,1-2H3. The Morgan fingerprint density at radius 2 is 1.89 bits per heavy atom. The van der Waals surface area contributed by atoms with Crippen molar-refractivity contribution in [1.82, 2.24) is 19.6 Å². The van der Waals surface area contributed by atoms with E-state index >= 15 is 0 Å². The molecule has 1 aliphatic rings. The van der Waals surface area contributed by atoms with E-state index in [1.54, 1.807) is 0 Å². The minimum absolute atomic E-state index is 0.450. The number of aromatic nitrogens is 4. The Kier molecular flexibility index (Phi) is 3.44. The van der Waals surface area contributed by atoms with E-state index in [2.05, 4.69) is 26.5 Å². The second-order valence-electron chi connectivity index (χ2n) is 5.56. The summed E-state index contributed by atoms with van der Waals surface area (Å²) in [5.74, 6) is 1.78. The van der Waals surface area contributed by atoms with Crippen molar-refractivity contribution in [3.05, 3.63) is 22.4 Å². The molecule has 0 aromatic carbocycles. The van der Waals surface area contributed by atoms with Crippen LogP contribution in [0.25, 0.3) is 5.65 Å². The van der Waals surface area contributed by atoms with Gasteiger partial charge < -0.3 is 0 Å². The third-order valence-corrected chi connectivity index (χ3v) is 4.49. The molecule has 0 saturated heterocycles. The molecule has 0 aliphatic heterocycles. The predicted octanol–water partition coefficient (Wildman–Crippen LogP) is 3.52. The maximum absolute atomic E-state index is 6.16. The maximum Gasteiger partial charge on any atom is 0.198 e. The molecule has 0 atom stereocenters. The zero-order valence-corrected chi connectivity index (χ0v) is 12.2. The number of nitrogens with zero attached hydrogens (tertiary/aromatic N) is 4. The van der Waals surface area contributed by atoms with E-state index in [4.69, 9.17) is 11.6 Å². The van der Waals surface area contributed by atoms with Gasteiger partial charge in [-0.25, -0.2) is 4.98 Å². The fraction of sp³-hybridized carbons (Fsp3) is 0.643. The van der Waals surface area contributed by atoms with Gasteiger partial charge in [-0.3, -0.25) is 4.40 Å². The lowest BCUT2D eigenvalue weighted by Gasteiger charge is -2.20. The second kappa shape index (κ2) is 5.08. The molecule has 4 nitrogen and oxygen atoms in total. The Hall–Kier alpha value is -1.16. The Morgan fingerprint density at radius 1 is 1.16 bits per heavy atom. The normalized spacial score (nSPS) is 17.2. The second-order valence-corrected chi connectivity index (χ2v) is 5.91. The molecule has 3 rings (SSSR count). The monoisotopic (exact) mass is 278 g/mol. The van der Waals surface area contributed by atoms with Gasteiger partial charge in [-0.15, -0.1) is 10.2 Å². The van der Waals surface area contributed by atoms with Crippen molar-refractivity contribution in [2.45, 2.75) is 52.4 Å². The zero-order valence-electron chi connectivity index (χ0n) is 11.5. The minimum atomic E-state index is 0.450. The van der Waals surface area contributed by atoms with Gasteiger partial charge in [-0.05, 0) is 19.8 Å². The molecule has 5 heteroatoms. The first-order valence-electron chi connectivity index (χ1n) is 7.03. The number of halogens is 1. The summed E-state index contributed by atoms with van der Waals surface area (Å²) < 4.78 is 2.08. The first-order valence-corrected chi connectivity index (χ1v) is 7.41. The summed E-state index contributed by atoms with van der Waals surface area (Å²) in [6.07, 6.45) is 7.70. The van der Waals surface area contributed by atoms with Crippen molar-refractivity contribution in [3.8, 4) is 0 Å². The summed E-state index contributed by atoms with van der Waals surface area (Å²) in [6.45, 7) is 4.03. The van der Waals surface area contributed by atoms with Gasteiger partial charge in [-0.1, -0.05) is 43.7 Å². The largest absolute Gasteiger partial charge is 0.279 e. The van der Waals surface area contributed by atoms with Crippen molar-refractivity contribution in [1.29, 1.82) is 0 Å². The molecule has 2 aromatic heterocycles. The lowest BCUT2D eigenvalue weighted by Crippen LogP contribution is -2.12. The number of hydrogen-bond acceptors (Lipinski definition) is 3. The molecule has 2 heterocycles. The van der Waals surface area contributed by atoms with Gasteiger partial charge in [0.1, 0.15) is 5.82 Å². The quantitative estimate of drug-likeness (QED) is 0.844. The first-order chi connectivity index (χ1) is 9.16. The zero-order chi connectivity index (χ0) is 13.4. The van der Waals surface area contributed by atoms with Crippen molar-refractivity contribution in [3.63, 3.8) is 0 Å². The SMILES string of the molecule is Cc1nc(Cl)c2nnc(CC3CCCCC3)n2c1C. The van der Waals surface area contributed by atoms with Gasteiger partial charge >= 0.3 is 0 Å². The molecular weight excluding hydrogens is 260 g/mol. The van der Waals surface area contributed by atoms with E-state index < -0.39 is 0 Å². The third-order valence-electron chi connectivity index (χ3n) is 4.24. The van der Waals surface area contributed by atoms with Crippen molar-refractivity contribution in [2.75, 3.05) is 0 Å². The van der Waals surface area contributed by atoms with Crippen molar-refractivity contribution in [2.24, 2.45) is 5.92 Å². The molecule has 0 amide bonds. The van der Waals surface area contributed by atoms with Gasteiger partial charge in [0.15, 0.2) is 10.8 Å². The molecule has 19 heavy (non-hydrogen) atoms. The maximum atomic E-state index is 6.16. The molecule has 0 N–H and O–H groups in total.